The van der Waals surface area contributed by atoms with E-state index < -0.39 is 18.5 Å². The number of anilines is 1. The first-order chi connectivity index (χ1) is 12.1. The highest BCUT2D eigenvalue weighted by atomic mass is 35.5. The van der Waals surface area contributed by atoms with Gasteiger partial charge in [-0.2, -0.15) is 0 Å². The zero-order valence-electron chi connectivity index (χ0n) is 13.0. The molecule has 128 valence electrons. The summed E-state index contributed by atoms with van der Waals surface area (Å²) in [6, 6.07) is 12.0. The number of benzene rings is 2. The molecule has 1 N–H and O–H groups in total. The van der Waals surface area contributed by atoms with Crippen molar-refractivity contribution in [1.29, 1.82) is 0 Å². The Morgan fingerprint density at radius 2 is 1.88 bits per heavy atom. The van der Waals surface area contributed by atoms with Crippen molar-refractivity contribution in [2.75, 3.05) is 18.7 Å². The Morgan fingerprint density at radius 1 is 1.12 bits per heavy atom. The first kappa shape index (κ1) is 16.9. The van der Waals surface area contributed by atoms with Crippen LogP contribution in [0.3, 0.4) is 0 Å². The summed E-state index contributed by atoms with van der Waals surface area (Å²) in [6.07, 6.45) is 2.82. The van der Waals surface area contributed by atoms with Gasteiger partial charge in [-0.25, -0.2) is 4.79 Å². The van der Waals surface area contributed by atoms with E-state index in [4.69, 9.17) is 25.8 Å². The summed E-state index contributed by atoms with van der Waals surface area (Å²) in [4.78, 5) is 23.5. The van der Waals surface area contributed by atoms with Crippen molar-refractivity contribution in [3.8, 4) is 11.5 Å². The maximum atomic E-state index is 11.8. The molecule has 1 amide bonds. The van der Waals surface area contributed by atoms with Gasteiger partial charge in [0, 0.05) is 22.9 Å². The number of amides is 1. The number of halogens is 1. The van der Waals surface area contributed by atoms with Gasteiger partial charge in [0.15, 0.2) is 18.1 Å². The van der Waals surface area contributed by atoms with Crippen LogP contribution in [0.1, 0.15) is 5.56 Å². The number of esters is 1. The van der Waals surface area contributed by atoms with Crippen LogP contribution in [0, 0.1) is 0 Å². The molecule has 0 spiro atoms. The molecule has 0 saturated carbocycles. The van der Waals surface area contributed by atoms with Gasteiger partial charge in [0.05, 0.1) is 0 Å². The SMILES string of the molecule is O=C(COC(=O)/C=C/c1ccc(Cl)cc1)Nc1ccc2c(c1)OCO2. The fraction of sp³-hybridized carbons (Fsp3) is 0.111. The highest BCUT2D eigenvalue weighted by Gasteiger charge is 2.14. The smallest absolute Gasteiger partial charge is 0.331 e. The minimum Gasteiger partial charge on any atom is -0.454 e. The predicted octanol–water partition coefficient (Wildman–Crippen LogP) is 3.26. The Labute approximate surface area is 148 Å². The largest absolute Gasteiger partial charge is 0.454 e. The summed E-state index contributed by atoms with van der Waals surface area (Å²) in [7, 11) is 0. The first-order valence-electron chi connectivity index (χ1n) is 7.40. The molecule has 0 aromatic heterocycles. The summed E-state index contributed by atoms with van der Waals surface area (Å²) in [5.41, 5.74) is 1.33. The molecular weight excluding hydrogens is 346 g/mol. The minimum absolute atomic E-state index is 0.157. The zero-order valence-corrected chi connectivity index (χ0v) is 13.8. The molecule has 1 aliphatic rings. The third-order valence-electron chi connectivity index (χ3n) is 3.28. The fourth-order valence-corrected chi connectivity index (χ4v) is 2.22. The molecule has 0 saturated heterocycles. The molecular formula is C18H14ClNO5. The summed E-state index contributed by atoms with van der Waals surface area (Å²) in [5, 5.41) is 3.23. The second-order valence-corrected chi connectivity index (χ2v) is 5.55. The molecule has 6 nitrogen and oxygen atoms in total. The lowest BCUT2D eigenvalue weighted by atomic mass is 10.2. The zero-order chi connectivity index (χ0) is 17.6. The van der Waals surface area contributed by atoms with E-state index in [0.717, 1.165) is 5.56 Å². The summed E-state index contributed by atoms with van der Waals surface area (Å²) >= 11 is 5.78. The van der Waals surface area contributed by atoms with E-state index in [2.05, 4.69) is 5.32 Å². The van der Waals surface area contributed by atoms with E-state index in [1.165, 1.54) is 6.08 Å². The quantitative estimate of drug-likeness (QED) is 0.655. The second-order valence-electron chi connectivity index (χ2n) is 5.11. The molecule has 0 atom stereocenters. The Hall–Kier alpha value is -2.99. The van der Waals surface area contributed by atoms with Crippen LogP contribution in [0.25, 0.3) is 6.08 Å². The number of hydrogen-bond donors (Lipinski definition) is 1. The Balaban J connectivity index is 1.47. The van der Waals surface area contributed by atoms with Crippen LogP contribution in [0.2, 0.25) is 5.02 Å². The fourth-order valence-electron chi connectivity index (χ4n) is 2.09. The molecule has 0 radical (unpaired) electrons. The second kappa shape index (κ2) is 7.72. The molecule has 2 aromatic rings. The lowest BCUT2D eigenvalue weighted by molar-refractivity contribution is -0.142. The van der Waals surface area contributed by atoms with E-state index >= 15 is 0 Å². The van der Waals surface area contributed by atoms with Crippen LogP contribution in [0.15, 0.2) is 48.5 Å². The van der Waals surface area contributed by atoms with Gasteiger partial charge in [0.2, 0.25) is 6.79 Å². The average molecular weight is 360 g/mol. The lowest BCUT2D eigenvalue weighted by Crippen LogP contribution is -2.20. The molecule has 2 aromatic carbocycles. The van der Waals surface area contributed by atoms with Gasteiger partial charge in [0.25, 0.3) is 5.91 Å². The summed E-state index contributed by atoms with van der Waals surface area (Å²) < 4.78 is 15.3. The minimum atomic E-state index is -0.615. The van der Waals surface area contributed by atoms with E-state index in [0.29, 0.717) is 22.2 Å². The maximum absolute atomic E-state index is 11.8. The van der Waals surface area contributed by atoms with Crippen molar-refractivity contribution in [1.82, 2.24) is 0 Å². The number of nitrogens with one attached hydrogen (secondary N) is 1. The van der Waals surface area contributed by atoms with Crippen LogP contribution in [0.4, 0.5) is 5.69 Å². The van der Waals surface area contributed by atoms with Crippen molar-refractivity contribution in [2.24, 2.45) is 0 Å². The van der Waals surface area contributed by atoms with Gasteiger partial charge in [-0.1, -0.05) is 23.7 Å². The third-order valence-corrected chi connectivity index (χ3v) is 3.54. The number of ether oxygens (including phenoxy) is 3. The number of carbonyl (C=O) groups is 2. The summed E-state index contributed by atoms with van der Waals surface area (Å²) in [5.74, 6) is 0.111. The monoisotopic (exact) mass is 359 g/mol. The molecule has 0 bridgehead atoms. The highest BCUT2D eigenvalue weighted by Crippen LogP contribution is 2.34. The Kier molecular flexibility index (Phi) is 5.20. The molecule has 1 aliphatic heterocycles. The molecule has 0 unspecified atom stereocenters. The van der Waals surface area contributed by atoms with Crippen LogP contribution in [-0.2, 0) is 14.3 Å². The maximum Gasteiger partial charge on any atom is 0.331 e. The molecule has 7 heteroatoms. The van der Waals surface area contributed by atoms with Crippen molar-refractivity contribution in [3.63, 3.8) is 0 Å². The van der Waals surface area contributed by atoms with Gasteiger partial charge in [-0.3, -0.25) is 4.79 Å². The number of hydrogen-bond acceptors (Lipinski definition) is 5. The molecule has 0 aliphatic carbocycles. The third kappa shape index (κ3) is 4.74. The summed E-state index contributed by atoms with van der Waals surface area (Å²) in [6.45, 7) is -0.234. The number of carbonyl (C=O) groups excluding carboxylic acids is 2. The van der Waals surface area contributed by atoms with Gasteiger partial charge >= 0.3 is 5.97 Å². The van der Waals surface area contributed by atoms with Gasteiger partial charge in [-0.15, -0.1) is 0 Å². The Bertz CT molecular complexity index is 817. The van der Waals surface area contributed by atoms with Gasteiger partial charge in [-0.05, 0) is 35.9 Å². The number of rotatable bonds is 5. The van der Waals surface area contributed by atoms with Crippen LogP contribution < -0.4 is 14.8 Å². The van der Waals surface area contributed by atoms with Crippen LogP contribution in [-0.4, -0.2) is 25.3 Å². The van der Waals surface area contributed by atoms with E-state index in [9.17, 15) is 9.59 Å². The first-order valence-corrected chi connectivity index (χ1v) is 7.78. The molecule has 3 rings (SSSR count). The Morgan fingerprint density at radius 3 is 2.68 bits per heavy atom. The van der Waals surface area contributed by atoms with Crippen molar-refractivity contribution < 1.29 is 23.8 Å². The molecule has 1 heterocycles. The normalized spacial score (nSPS) is 12.2. The number of fused-ring (bicyclic) bond motifs is 1. The van der Waals surface area contributed by atoms with E-state index in [-0.39, 0.29) is 6.79 Å². The predicted molar refractivity (Wildman–Crippen MR) is 92.6 cm³/mol. The van der Waals surface area contributed by atoms with Gasteiger partial charge < -0.3 is 19.5 Å². The van der Waals surface area contributed by atoms with Crippen molar-refractivity contribution in [2.45, 2.75) is 0 Å². The highest BCUT2D eigenvalue weighted by molar-refractivity contribution is 6.30. The average Bonchev–Trinajstić information content (AvgIpc) is 3.07. The van der Waals surface area contributed by atoms with Crippen LogP contribution >= 0.6 is 11.6 Å². The standard InChI is InChI=1S/C18H14ClNO5/c19-13-4-1-12(2-5-13)3-8-18(22)23-10-17(21)20-14-6-7-15-16(9-14)25-11-24-15/h1-9H,10-11H2,(H,20,21)/b8-3+. The molecule has 25 heavy (non-hydrogen) atoms. The molecule has 0 fully saturated rings. The topological polar surface area (TPSA) is 73.9 Å². The lowest BCUT2D eigenvalue weighted by Gasteiger charge is -2.06. The van der Waals surface area contributed by atoms with Crippen LogP contribution in [0.5, 0.6) is 11.5 Å². The van der Waals surface area contributed by atoms with E-state index in [1.807, 2.05) is 0 Å². The van der Waals surface area contributed by atoms with Crippen molar-refractivity contribution >= 4 is 35.2 Å². The van der Waals surface area contributed by atoms with Crippen molar-refractivity contribution in [3.05, 3.63) is 59.1 Å². The van der Waals surface area contributed by atoms with E-state index in [1.54, 1.807) is 48.5 Å². The van der Waals surface area contributed by atoms with Gasteiger partial charge in [0.1, 0.15) is 0 Å².